The van der Waals surface area contributed by atoms with E-state index in [1.807, 2.05) is 48.5 Å². The van der Waals surface area contributed by atoms with Crippen LogP contribution in [-0.2, 0) is 61.8 Å². The Kier molecular flexibility index (Phi) is 34.7. The van der Waals surface area contributed by atoms with Crippen molar-refractivity contribution < 1.29 is 129 Å². The van der Waals surface area contributed by atoms with Gasteiger partial charge in [0, 0.05) is 13.0 Å². The second kappa shape index (κ2) is 33.0. The molecule has 0 saturated heterocycles. The third kappa shape index (κ3) is 27.4. The van der Waals surface area contributed by atoms with E-state index in [-0.39, 0.29) is 108 Å². The minimum Gasteiger partial charge on any atom is -0.748 e. The largest absolute Gasteiger partial charge is 1.00 e. The molecule has 0 aromatic heterocycles. The van der Waals surface area contributed by atoms with Crippen LogP contribution in [0.5, 0.6) is 0 Å². The molecule has 0 N–H and O–H groups in total. The Morgan fingerprint density at radius 2 is 1.23 bits per heavy atom. The summed E-state index contributed by atoms with van der Waals surface area (Å²) in [6.07, 6.45) is -0.0887. The first-order valence-electron chi connectivity index (χ1n) is 24.8. The van der Waals surface area contributed by atoms with Crippen LogP contribution in [0.2, 0.25) is 38.3 Å². The molecule has 0 aromatic carbocycles. The van der Waals surface area contributed by atoms with Crippen molar-refractivity contribution in [2.24, 2.45) is 34.0 Å². The van der Waals surface area contributed by atoms with Gasteiger partial charge < -0.3 is 37.1 Å². The van der Waals surface area contributed by atoms with E-state index in [0.29, 0.717) is 71.7 Å². The van der Waals surface area contributed by atoms with Crippen LogP contribution in [0.4, 0.5) is 13.2 Å². The van der Waals surface area contributed by atoms with Gasteiger partial charge >= 0.3 is 81.4 Å². The van der Waals surface area contributed by atoms with E-state index in [2.05, 4.69) is 37.8 Å². The SMILES string of the molecule is C.C.CCC(C)(C)C(=O)OC12CC3CC(C1)CC(C(=O)OC(CS(=O)(=O)[O-])C(F)(F)F)(C3)C2.CCCC[Si](C)(C)O[Si](C)(C)CCCOC(=O)C(C)(C)CC.CCOCCOCCOC(=O)C(C)CC.[K+]. The maximum atomic E-state index is 13.3. The first-order valence-corrected chi connectivity index (χ1v) is 32.6. The molecular formula is C50H96F3KO14SSi2. The third-order valence-electron chi connectivity index (χ3n) is 13.5. The molecule has 4 aliphatic carbocycles. The van der Waals surface area contributed by atoms with E-state index in [0.717, 1.165) is 31.7 Å². The monoisotopic (exact) mass is 1100 g/mol. The van der Waals surface area contributed by atoms with Gasteiger partial charge in [0.25, 0.3) is 0 Å². The van der Waals surface area contributed by atoms with Gasteiger partial charge in [-0.05, 0) is 143 Å². The molecule has 4 unspecified atom stereocenters. The summed E-state index contributed by atoms with van der Waals surface area (Å²) in [5.74, 6) is -3.69. The normalized spacial score (nSPS) is 21.5. The average Bonchev–Trinajstić information content (AvgIpc) is 3.22. The molecule has 0 aliphatic heterocycles. The molecule has 4 rings (SSSR count). The number of carbonyl (C=O) groups excluding carboxylic acids is 4. The molecule has 0 spiro atoms. The van der Waals surface area contributed by atoms with Gasteiger partial charge in [-0.25, -0.2) is 8.42 Å². The summed E-state index contributed by atoms with van der Waals surface area (Å²) in [5, 5.41) is 0. The number of hydrogen-bond donors (Lipinski definition) is 0. The molecule has 4 fully saturated rings. The number of alkyl halides is 3. The van der Waals surface area contributed by atoms with Gasteiger partial charge in [-0.3, -0.25) is 19.2 Å². The number of carbonyl (C=O) groups is 4. The second-order valence-electron chi connectivity index (χ2n) is 21.7. The predicted molar refractivity (Wildman–Crippen MR) is 272 cm³/mol. The molecule has 4 aliphatic rings. The van der Waals surface area contributed by atoms with E-state index in [9.17, 15) is 45.3 Å². The quantitative estimate of drug-likeness (QED) is 0.0249. The van der Waals surface area contributed by atoms with Crippen LogP contribution in [0.1, 0.15) is 161 Å². The summed E-state index contributed by atoms with van der Waals surface area (Å²) < 4.78 is 110. The molecule has 14 nitrogen and oxygen atoms in total. The number of esters is 4. The van der Waals surface area contributed by atoms with Crippen molar-refractivity contribution in [3.8, 4) is 0 Å². The molecule has 0 aromatic rings. The smallest absolute Gasteiger partial charge is 0.748 e. The van der Waals surface area contributed by atoms with Crippen LogP contribution in [0.25, 0.3) is 0 Å². The van der Waals surface area contributed by atoms with Gasteiger partial charge in [-0.1, -0.05) is 62.3 Å². The van der Waals surface area contributed by atoms with Crippen LogP contribution in [-0.4, -0.2) is 117 Å². The van der Waals surface area contributed by atoms with Gasteiger partial charge in [0.2, 0.25) is 6.10 Å². The van der Waals surface area contributed by atoms with Gasteiger partial charge in [-0.15, -0.1) is 0 Å². The molecule has 0 amide bonds. The Bertz CT molecular complexity index is 1680. The molecule has 0 radical (unpaired) electrons. The zero-order chi connectivity index (χ0) is 52.4. The molecule has 4 saturated carbocycles. The first kappa shape index (κ1) is 74.8. The Balaban J connectivity index is -0.00000102. The third-order valence-corrected chi connectivity index (χ3v) is 21.7. The van der Waals surface area contributed by atoms with Crippen molar-refractivity contribution in [2.75, 3.05) is 45.4 Å². The minimum absolute atomic E-state index is 0. The van der Waals surface area contributed by atoms with Crippen LogP contribution < -0.4 is 51.4 Å². The number of hydrogen-bond acceptors (Lipinski definition) is 14. The number of halogens is 3. The first-order chi connectivity index (χ1) is 31.2. The van der Waals surface area contributed by atoms with Crippen molar-refractivity contribution in [3.05, 3.63) is 0 Å². The zero-order valence-corrected chi connectivity index (χ0v) is 50.9. The summed E-state index contributed by atoms with van der Waals surface area (Å²) >= 11 is 0. The molecule has 71 heavy (non-hydrogen) atoms. The van der Waals surface area contributed by atoms with Gasteiger partial charge in [0.1, 0.15) is 12.2 Å². The van der Waals surface area contributed by atoms with Gasteiger partial charge in [-0.2, -0.15) is 13.2 Å². The van der Waals surface area contributed by atoms with Gasteiger partial charge in [0.15, 0.2) is 16.6 Å². The Hall–Kier alpha value is -0.470. The van der Waals surface area contributed by atoms with Crippen LogP contribution in [0.3, 0.4) is 0 Å². The fraction of sp³-hybridized carbons (Fsp3) is 0.920. The topological polar surface area (TPSA) is 190 Å². The molecular weight excluding hydrogens is 1010 g/mol. The van der Waals surface area contributed by atoms with E-state index in [1.165, 1.54) is 18.9 Å². The fourth-order valence-electron chi connectivity index (χ4n) is 8.98. The van der Waals surface area contributed by atoms with Crippen molar-refractivity contribution in [1.82, 2.24) is 0 Å². The van der Waals surface area contributed by atoms with Crippen LogP contribution in [0.15, 0.2) is 0 Å². The molecule has 0 heterocycles. The minimum atomic E-state index is -5.27. The standard InChI is InChI=1S/C20H29F3O7S.C17H38O3Si2.C11H22O4.2CH4.K/c1-4-17(2,3)15(24)30-19-8-12-5-13(9-19)7-18(6-12,11-19)16(25)29-14(20(21,22)23)10-31(26,27)28;1-9-11-14-21(5,6)20-22(7,8)15-12-13-19-16(18)17(3,4)10-2;1-4-10(3)11(12)15-9-8-14-7-6-13-5-2;;;/h12-14H,4-11H2,1-3H3,(H,26,27,28);9-15H2,1-8H3;10H,4-9H2,1-3H3;2*1H4;/q;;;;;+1/p-1. The summed E-state index contributed by atoms with van der Waals surface area (Å²) in [6.45, 7) is 31.7. The molecule has 416 valence electrons. The van der Waals surface area contributed by atoms with Crippen molar-refractivity contribution in [1.29, 1.82) is 0 Å². The number of rotatable bonds is 27. The average molecular weight is 1110 g/mol. The fourth-order valence-corrected chi connectivity index (χ4v) is 18.6. The van der Waals surface area contributed by atoms with Crippen molar-refractivity contribution in [3.63, 3.8) is 0 Å². The summed E-state index contributed by atoms with van der Waals surface area (Å²) in [5.41, 5.74) is -3.32. The molecule has 21 heteroatoms. The Labute approximate surface area is 472 Å². The van der Waals surface area contributed by atoms with E-state index < -0.39 is 73.2 Å². The maximum Gasteiger partial charge on any atom is 1.00 e. The van der Waals surface area contributed by atoms with E-state index in [1.54, 1.807) is 13.8 Å². The predicted octanol–water partition coefficient (Wildman–Crippen LogP) is 8.81. The molecule has 4 atom stereocenters. The van der Waals surface area contributed by atoms with E-state index in [4.69, 9.17) is 27.8 Å². The van der Waals surface area contributed by atoms with E-state index >= 15 is 0 Å². The van der Waals surface area contributed by atoms with Crippen LogP contribution in [0, 0.1) is 34.0 Å². The number of ether oxygens (including phenoxy) is 6. The van der Waals surface area contributed by atoms with Gasteiger partial charge in [0.05, 0.1) is 64.5 Å². The number of unbranched alkanes of at least 4 members (excludes halogenated alkanes) is 1. The summed E-state index contributed by atoms with van der Waals surface area (Å²) in [4.78, 5) is 48.8. The molecule has 4 bridgehead atoms. The Morgan fingerprint density at radius 1 is 0.732 bits per heavy atom. The Morgan fingerprint density at radius 3 is 1.69 bits per heavy atom. The van der Waals surface area contributed by atoms with Crippen molar-refractivity contribution in [2.45, 2.75) is 217 Å². The van der Waals surface area contributed by atoms with Crippen LogP contribution >= 0.6 is 0 Å². The zero-order valence-electron chi connectivity index (χ0n) is 44.9. The summed E-state index contributed by atoms with van der Waals surface area (Å²) in [6, 6.07) is 2.31. The maximum absolute atomic E-state index is 13.3. The second-order valence-corrected chi connectivity index (χ2v) is 32.0. The summed E-state index contributed by atoms with van der Waals surface area (Å²) in [7, 11) is -8.44. The van der Waals surface area contributed by atoms with Crippen molar-refractivity contribution >= 4 is 50.6 Å².